The Morgan fingerprint density at radius 2 is 1.50 bits per heavy atom. The van der Waals surface area contributed by atoms with Gasteiger partial charge in [0, 0.05) is 25.2 Å². The monoisotopic (exact) mass is 364 g/mol. The molecule has 1 fully saturated rings. The quantitative estimate of drug-likeness (QED) is 0.779. The Morgan fingerprint density at radius 1 is 1.00 bits per heavy atom. The van der Waals surface area contributed by atoms with Gasteiger partial charge < -0.3 is 24.4 Å². The zero-order valence-electron chi connectivity index (χ0n) is 16.6. The Bertz CT molecular complexity index is 568. The maximum atomic E-state index is 12.7. The molecule has 1 saturated heterocycles. The number of carbonyl (C=O) groups excluding carboxylic acids is 1. The first-order valence-electron chi connectivity index (χ1n) is 9.60. The van der Waals surface area contributed by atoms with E-state index >= 15 is 0 Å². The van der Waals surface area contributed by atoms with Crippen molar-refractivity contribution in [2.75, 3.05) is 38.2 Å². The Kier molecular flexibility index (Phi) is 7.42. The van der Waals surface area contributed by atoms with Gasteiger partial charge in [-0.3, -0.25) is 0 Å². The lowest BCUT2D eigenvalue weighted by Gasteiger charge is -2.35. The van der Waals surface area contributed by atoms with Crippen LogP contribution in [0.5, 0.6) is 17.2 Å². The summed E-state index contributed by atoms with van der Waals surface area (Å²) in [6.45, 7) is 13.2. The molecule has 0 saturated carbocycles. The molecule has 1 N–H and O–H groups in total. The van der Waals surface area contributed by atoms with E-state index in [0.29, 0.717) is 54.6 Å². The zero-order valence-corrected chi connectivity index (χ0v) is 16.6. The summed E-state index contributed by atoms with van der Waals surface area (Å²) in [7, 11) is 0. The number of hydrogen-bond acceptors (Lipinski definition) is 4. The lowest BCUT2D eigenvalue weighted by Crippen LogP contribution is -2.44. The molecule has 146 valence electrons. The summed E-state index contributed by atoms with van der Waals surface area (Å²) in [5.41, 5.74) is 0.649. The Labute approximate surface area is 156 Å². The van der Waals surface area contributed by atoms with E-state index in [1.165, 1.54) is 0 Å². The summed E-state index contributed by atoms with van der Waals surface area (Å²) < 4.78 is 17.1. The molecule has 2 rings (SSSR count). The van der Waals surface area contributed by atoms with Crippen molar-refractivity contribution >= 4 is 11.7 Å². The molecule has 0 radical (unpaired) electrons. The lowest BCUT2D eigenvalue weighted by molar-refractivity contribution is 0.156. The van der Waals surface area contributed by atoms with Crippen LogP contribution in [-0.4, -0.2) is 43.8 Å². The number of hydrogen-bond donors (Lipinski definition) is 1. The zero-order chi connectivity index (χ0) is 19.1. The van der Waals surface area contributed by atoms with Crippen LogP contribution in [0.1, 0.15) is 41.0 Å². The third-order valence-electron chi connectivity index (χ3n) is 4.32. The van der Waals surface area contributed by atoms with Gasteiger partial charge in [-0.05, 0) is 39.0 Å². The van der Waals surface area contributed by atoms with Crippen LogP contribution in [-0.2, 0) is 0 Å². The van der Waals surface area contributed by atoms with Gasteiger partial charge in [-0.2, -0.15) is 0 Å². The van der Waals surface area contributed by atoms with Gasteiger partial charge in [0.2, 0.25) is 5.75 Å². The SMILES string of the molecule is CCOc1cc(NC(=O)N2CC(C)CC(C)C2)cc(OCC)c1OCC. The number of ether oxygens (including phenoxy) is 3. The van der Waals surface area contributed by atoms with Crippen LogP contribution in [0.15, 0.2) is 12.1 Å². The minimum atomic E-state index is -0.0857. The minimum Gasteiger partial charge on any atom is -0.490 e. The second kappa shape index (κ2) is 9.55. The molecule has 0 spiro atoms. The molecule has 2 amide bonds. The number of carbonyl (C=O) groups is 1. The number of rotatable bonds is 7. The summed E-state index contributed by atoms with van der Waals surface area (Å²) in [5.74, 6) is 2.77. The first-order valence-corrected chi connectivity index (χ1v) is 9.60. The van der Waals surface area contributed by atoms with E-state index < -0.39 is 0 Å². The minimum absolute atomic E-state index is 0.0857. The van der Waals surface area contributed by atoms with E-state index in [1.54, 1.807) is 12.1 Å². The largest absolute Gasteiger partial charge is 0.490 e. The van der Waals surface area contributed by atoms with Gasteiger partial charge in [0.1, 0.15) is 0 Å². The fraction of sp³-hybridized carbons (Fsp3) is 0.650. The summed E-state index contributed by atoms with van der Waals surface area (Å²) in [6.07, 6.45) is 1.16. The van der Waals surface area contributed by atoms with Gasteiger partial charge in [-0.25, -0.2) is 4.79 Å². The molecule has 2 unspecified atom stereocenters. The summed E-state index contributed by atoms with van der Waals surface area (Å²) >= 11 is 0. The van der Waals surface area contributed by atoms with Crippen LogP contribution in [0.3, 0.4) is 0 Å². The van der Waals surface area contributed by atoms with Crippen LogP contribution in [0.2, 0.25) is 0 Å². The number of urea groups is 1. The Balaban J connectivity index is 2.23. The summed E-state index contributed by atoms with van der Waals surface area (Å²) in [6, 6.07) is 3.51. The van der Waals surface area contributed by atoms with E-state index in [-0.39, 0.29) is 6.03 Å². The normalized spacial score (nSPS) is 19.8. The number of amides is 2. The van der Waals surface area contributed by atoms with Crippen LogP contribution >= 0.6 is 0 Å². The van der Waals surface area contributed by atoms with Crippen molar-refractivity contribution in [3.63, 3.8) is 0 Å². The average molecular weight is 364 g/mol. The van der Waals surface area contributed by atoms with Gasteiger partial charge in [0.05, 0.1) is 25.5 Å². The molecular weight excluding hydrogens is 332 g/mol. The topological polar surface area (TPSA) is 60.0 Å². The third-order valence-corrected chi connectivity index (χ3v) is 4.32. The van der Waals surface area contributed by atoms with Crippen molar-refractivity contribution < 1.29 is 19.0 Å². The maximum absolute atomic E-state index is 12.7. The van der Waals surface area contributed by atoms with Crippen LogP contribution < -0.4 is 19.5 Å². The highest BCUT2D eigenvalue weighted by atomic mass is 16.5. The van der Waals surface area contributed by atoms with Crippen molar-refractivity contribution in [3.8, 4) is 17.2 Å². The highest BCUT2D eigenvalue weighted by Crippen LogP contribution is 2.41. The van der Waals surface area contributed by atoms with E-state index in [1.807, 2.05) is 25.7 Å². The second-order valence-corrected chi connectivity index (χ2v) is 6.88. The number of nitrogens with zero attached hydrogens (tertiary/aromatic N) is 1. The molecule has 0 bridgehead atoms. The fourth-order valence-electron chi connectivity index (χ4n) is 3.49. The predicted molar refractivity (Wildman–Crippen MR) is 103 cm³/mol. The van der Waals surface area contributed by atoms with Gasteiger partial charge in [0.25, 0.3) is 0 Å². The van der Waals surface area contributed by atoms with Crippen LogP contribution in [0, 0.1) is 11.8 Å². The number of nitrogens with one attached hydrogen (secondary N) is 1. The Hall–Kier alpha value is -2.11. The highest BCUT2D eigenvalue weighted by Gasteiger charge is 2.26. The lowest BCUT2D eigenvalue weighted by atomic mass is 9.92. The molecule has 1 aliphatic heterocycles. The molecule has 0 aromatic heterocycles. The van der Waals surface area contributed by atoms with Gasteiger partial charge in [-0.15, -0.1) is 0 Å². The molecule has 2 atom stereocenters. The predicted octanol–water partition coefficient (Wildman–Crippen LogP) is 4.39. The molecule has 1 aromatic rings. The number of piperidine rings is 1. The second-order valence-electron chi connectivity index (χ2n) is 6.88. The third kappa shape index (κ3) is 5.19. The Morgan fingerprint density at radius 3 is 1.96 bits per heavy atom. The maximum Gasteiger partial charge on any atom is 0.321 e. The van der Waals surface area contributed by atoms with E-state index in [0.717, 1.165) is 19.5 Å². The van der Waals surface area contributed by atoms with Gasteiger partial charge in [0.15, 0.2) is 11.5 Å². The molecule has 26 heavy (non-hydrogen) atoms. The summed E-state index contributed by atoms with van der Waals surface area (Å²) in [5, 5.41) is 2.99. The van der Waals surface area contributed by atoms with Gasteiger partial charge in [-0.1, -0.05) is 13.8 Å². The van der Waals surface area contributed by atoms with Crippen molar-refractivity contribution in [2.24, 2.45) is 11.8 Å². The molecule has 1 heterocycles. The first-order chi connectivity index (χ1) is 12.5. The van der Waals surface area contributed by atoms with Crippen molar-refractivity contribution in [1.82, 2.24) is 4.90 Å². The smallest absolute Gasteiger partial charge is 0.321 e. The fourth-order valence-corrected chi connectivity index (χ4v) is 3.49. The van der Waals surface area contributed by atoms with Crippen molar-refractivity contribution in [3.05, 3.63) is 12.1 Å². The molecule has 0 aliphatic carbocycles. The van der Waals surface area contributed by atoms with Gasteiger partial charge >= 0.3 is 6.03 Å². The summed E-state index contributed by atoms with van der Waals surface area (Å²) in [4.78, 5) is 14.6. The molecular formula is C20H32N2O4. The first kappa shape index (κ1) is 20.2. The van der Waals surface area contributed by atoms with Crippen LogP contribution in [0.4, 0.5) is 10.5 Å². The number of anilines is 1. The van der Waals surface area contributed by atoms with E-state index in [4.69, 9.17) is 14.2 Å². The standard InChI is InChI=1S/C20H32N2O4/c1-6-24-17-10-16(11-18(25-7-2)19(17)26-8-3)21-20(23)22-12-14(4)9-15(5)13-22/h10-11,14-15H,6-9,12-13H2,1-5H3,(H,21,23). The average Bonchev–Trinajstić information content (AvgIpc) is 2.57. The molecule has 6 nitrogen and oxygen atoms in total. The number of benzene rings is 1. The molecule has 1 aromatic carbocycles. The van der Waals surface area contributed by atoms with E-state index in [2.05, 4.69) is 19.2 Å². The van der Waals surface area contributed by atoms with Crippen molar-refractivity contribution in [1.29, 1.82) is 0 Å². The van der Waals surface area contributed by atoms with Crippen LogP contribution in [0.25, 0.3) is 0 Å². The van der Waals surface area contributed by atoms with E-state index in [9.17, 15) is 4.79 Å². The number of likely N-dealkylation sites (tertiary alicyclic amines) is 1. The molecule has 1 aliphatic rings. The highest BCUT2D eigenvalue weighted by molar-refractivity contribution is 5.90. The van der Waals surface area contributed by atoms with Crippen molar-refractivity contribution in [2.45, 2.75) is 41.0 Å². The molecule has 6 heteroatoms.